The lowest BCUT2D eigenvalue weighted by Crippen LogP contribution is -2.39. The molecular weight excluding hydrogens is 500 g/mol. The van der Waals surface area contributed by atoms with Crippen LogP contribution in [-0.2, 0) is 0 Å². The lowest BCUT2D eigenvalue weighted by molar-refractivity contribution is -0.255. The van der Waals surface area contributed by atoms with Crippen LogP contribution >= 0.6 is 0 Å². The maximum Gasteiger partial charge on any atom is 0.205 e. The third-order valence-corrected chi connectivity index (χ3v) is 4.93. The van der Waals surface area contributed by atoms with Crippen LogP contribution in [0.5, 0.6) is 23.0 Å². The molecule has 36 heavy (non-hydrogen) atoms. The molecule has 0 heterocycles. The average Bonchev–Trinajstić information content (AvgIpc) is 2.84. The monoisotopic (exact) mass is 514 g/mol. The predicted octanol–water partition coefficient (Wildman–Crippen LogP) is 5.80. The second-order valence-electron chi connectivity index (χ2n) is 7.42. The molecule has 12 heteroatoms. The zero-order valence-corrected chi connectivity index (χ0v) is 17.9. The van der Waals surface area contributed by atoms with E-state index < -0.39 is 69.2 Å². The third kappa shape index (κ3) is 4.32. The van der Waals surface area contributed by atoms with Crippen molar-refractivity contribution in [1.29, 1.82) is 0 Å². The summed E-state index contributed by atoms with van der Waals surface area (Å²) < 4.78 is 128. The van der Waals surface area contributed by atoms with E-state index in [0.717, 1.165) is 0 Å². The molecule has 0 radical (unpaired) electrons. The molecule has 186 valence electrons. The van der Waals surface area contributed by atoms with Gasteiger partial charge in [0, 0.05) is 12.1 Å². The largest absolute Gasteiger partial charge is 0.451 e. The van der Waals surface area contributed by atoms with Crippen LogP contribution in [0.1, 0.15) is 0 Å². The molecule has 0 saturated heterocycles. The SMILES string of the molecule is [NH3+]c1cccc(Oc2c(F)c(F)c(-c3c(F)c(F)c(Oc4cccc([NH3+])c4)c(F)c3F)c(F)c2F)c1. The summed E-state index contributed by atoms with van der Waals surface area (Å²) in [7, 11) is 0. The van der Waals surface area contributed by atoms with Crippen LogP contribution in [-0.4, -0.2) is 0 Å². The van der Waals surface area contributed by atoms with Crippen LogP contribution in [0.15, 0.2) is 48.5 Å². The summed E-state index contributed by atoms with van der Waals surface area (Å²) in [5, 5.41) is 0. The number of halogens is 8. The molecule has 4 aromatic carbocycles. The van der Waals surface area contributed by atoms with E-state index in [4.69, 9.17) is 9.47 Å². The first-order valence-corrected chi connectivity index (χ1v) is 9.93. The number of benzene rings is 4. The van der Waals surface area contributed by atoms with Crippen molar-refractivity contribution in [3.05, 3.63) is 95.1 Å². The van der Waals surface area contributed by atoms with Gasteiger partial charge in [-0.05, 0) is 24.3 Å². The molecule has 4 nitrogen and oxygen atoms in total. The number of hydrogen-bond acceptors (Lipinski definition) is 2. The summed E-state index contributed by atoms with van der Waals surface area (Å²) in [6.07, 6.45) is 0. The fraction of sp³-hybridized carbons (Fsp3) is 0. The predicted molar refractivity (Wildman–Crippen MR) is 110 cm³/mol. The summed E-state index contributed by atoms with van der Waals surface area (Å²) >= 11 is 0. The van der Waals surface area contributed by atoms with Gasteiger partial charge in [-0.3, -0.25) is 0 Å². The standard InChI is InChI=1S/C24H12F8N2O2/c25-15-13(16(26)20(30)23(19(15)29)35-11-5-1-3-9(33)7-11)14-17(27)21(31)24(22(32)18(14)28)36-12-6-2-4-10(34)8-12/h1-8H,33-34H2/p+2. The first-order valence-electron chi connectivity index (χ1n) is 9.93. The van der Waals surface area contributed by atoms with E-state index in [1.165, 1.54) is 48.5 Å². The van der Waals surface area contributed by atoms with Gasteiger partial charge in [0.2, 0.25) is 34.8 Å². The Balaban J connectivity index is 1.87. The molecule has 0 fully saturated rings. The van der Waals surface area contributed by atoms with Gasteiger partial charge in [-0.15, -0.1) is 0 Å². The fourth-order valence-corrected chi connectivity index (χ4v) is 3.29. The molecule has 0 aliphatic rings. The molecule has 4 rings (SSSR count). The van der Waals surface area contributed by atoms with Gasteiger partial charge < -0.3 is 20.9 Å². The van der Waals surface area contributed by atoms with E-state index >= 15 is 0 Å². The molecule has 4 aromatic rings. The van der Waals surface area contributed by atoms with Crippen LogP contribution < -0.4 is 20.9 Å². The quantitative estimate of drug-likeness (QED) is 0.261. The molecule has 0 spiro atoms. The maximum atomic E-state index is 14.8. The van der Waals surface area contributed by atoms with Crippen molar-refractivity contribution >= 4 is 11.4 Å². The van der Waals surface area contributed by atoms with Gasteiger partial charge in [-0.1, -0.05) is 12.1 Å². The van der Waals surface area contributed by atoms with Crippen molar-refractivity contribution in [2.45, 2.75) is 0 Å². The summed E-state index contributed by atoms with van der Waals surface area (Å²) in [6, 6.07) is 10.4. The van der Waals surface area contributed by atoms with Gasteiger partial charge in [0.05, 0.1) is 11.1 Å². The Kier molecular flexibility index (Phi) is 6.57. The Bertz CT molecular complexity index is 1340. The Morgan fingerprint density at radius 1 is 0.444 bits per heavy atom. The molecule has 0 saturated carbocycles. The van der Waals surface area contributed by atoms with E-state index in [1.807, 2.05) is 0 Å². The molecule has 0 aliphatic heterocycles. The van der Waals surface area contributed by atoms with E-state index in [-0.39, 0.29) is 11.5 Å². The molecule has 0 amide bonds. The lowest BCUT2D eigenvalue weighted by Gasteiger charge is -2.16. The van der Waals surface area contributed by atoms with Crippen molar-refractivity contribution in [1.82, 2.24) is 0 Å². The van der Waals surface area contributed by atoms with Crippen LogP contribution in [0.4, 0.5) is 46.5 Å². The van der Waals surface area contributed by atoms with Gasteiger partial charge in [0.15, 0.2) is 23.3 Å². The lowest BCUT2D eigenvalue weighted by atomic mass is 10.0. The molecule has 6 N–H and O–H groups in total. The summed E-state index contributed by atoms with van der Waals surface area (Å²) in [6.45, 7) is 0. The molecule has 0 unspecified atom stereocenters. The van der Waals surface area contributed by atoms with Crippen molar-refractivity contribution in [2.75, 3.05) is 0 Å². The minimum absolute atomic E-state index is 0.269. The topological polar surface area (TPSA) is 73.7 Å². The van der Waals surface area contributed by atoms with Crippen LogP contribution in [0.25, 0.3) is 11.1 Å². The normalized spacial score (nSPS) is 11.1. The minimum atomic E-state index is -2.36. The molecule has 0 aromatic heterocycles. The second-order valence-corrected chi connectivity index (χ2v) is 7.42. The first kappa shape index (κ1) is 24.9. The molecule has 0 bridgehead atoms. The zero-order valence-electron chi connectivity index (χ0n) is 17.9. The van der Waals surface area contributed by atoms with Gasteiger partial charge in [-0.2, -0.15) is 17.6 Å². The van der Waals surface area contributed by atoms with Crippen LogP contribution in [0, 0.1) is 46.5 Å². The van der Waals surface area contributed by atoms with E-state index in [9.17, 15) is 35.1 Å². The average molecular weight is 514 g/mol. The highest BCUT2D eigenvalue weighted by Crippen LogP contribution is 2.43. The fourth-order valence-electron chi connectivity index (χ4n) is 3.29. The van der Waals surface area contributed by atoms with Crippen LogP contribution in [0.3, 0.4) is 0 Å². The first-order chi connectivity index (χ1) is 17.0. The van der Waals surface area contributed by atoms with Crippen molar-refractivity contribution in [3.63, 3.8) is 0 Å². The van der Waals surface area contributed by atoms with Gasteiger partial charge in [-0.25, -0.2) is 17.6 Å². The third-order valence-electron chi connectivity index (χ3n) is 4.93. The Morgan fingerprint density at radius 2 is 0.750 bits per heavy atom. The van der Waals surface area contributed by atoms with E-state index in [1.54, 1.807) is 0 Å². The van der Waals surface area contributed by atoms with E-state index in [0.29, 0.717) is 11.4 Å². The molecular formula is C24H14F8N2O2+2. The zero-order chi connectivity index (χ0) is 26.3. The summed E-state index contributed by atoms with van der Waals surface area (Å²) in [5.41, 5.74) is 3.69. The van der Waals surface area contributed by atoms with Crippen molar-refractivity contribution < 1.29 is 56.1 Å². The number of quaternary nitrogens is 2. The van der Waals surface area contributed by atoms with Crippen molar-refractivity contribution in [3.8, 4) is 34.1 Å². The Labute approximate surface area is 197 Å². The number of ether oxygens (including phenoxy) is 2. The molecule has 0 atom stereocenters. The summed E-state index contributed by atoms with van der Waals surface area (Å²) in [4.78, 5) is 0. The Morgan fingerprint density at radius 3 is 1.03 bits per heavy atom. The van der Waals surface area contributed by atoms with E-state index in [2.05, 4.69) is 11.5 Å². The highest BCUT2D eigenvalue weighted by Gasteiger charge is 2.35. The number of hydrogen-bond donors (Lipinski definition) is 2. The smallest absolute Gasteiger partial charge is 0.205 e. The highest BCUT2D eigenvalue weighted by molar-refractivity contribution is 5.69. The molecule has 0 aliphatic carbocycles. The maximum absolute atomic E-state index is 14.8. The van der Waals surface area contributed by atoms with Crippen molar-refractivity contribution in [2.24, 2.45) is 0 Å². The van der Waals surface area contributed by atoms with Gasteiger partial charge >= 0.3 is 0 Å². The second kappa shape index (κ2) is 9.47. The summed E-state index contributed by atoms with van der Waals surface area (Å²) in [5.74, 6) is -22.0. The van der Waals surface area contributed by atoms with Crippen LogP contribution in [0.2, 0.25) is 0 Å². The van der Waals surface area contributed by atoms with Gasteiger partial charge in [0.25, 0.3) is 0 Å². The Hall–Kier alpha value is -4.16. The minimum Gasteiger partial charge on any atom is -0.451 e. The van der Waals surface area contributed by atoms with Gasteiger partial charge in [0.1, 0.15) is 22.9 Å². The number of rotatable bonds is 5. The highest BCUT2D eigenvalue weighted by atomic mass is 19.2.